The van der Waals surface area contributed by atoms with Gasteiger partial charge in [0, 0.05) is 6.92 Å². The Morgan fingerprint density at radius 2 is 1.86 bits per heavy atom. The summed E-state index contributed by atoms with van der Waals surface area (Å²) in [5.41, 5.74) is 3.71. The number of aryl methyl sites for hydroxylation is 1. The summed E-state index contributed by atoms with van der Waals surface area (Å²) < 4.78 is 5.35. The van der Waals surface area contributed by atoms with E-state index in [1.54, 1.807) is 42.5 Å². The number of ether oxygens (including phenoxy) is 1. The maximum Gasteiger partial charge on any atom is 0.276 e. The predicted octanol–water partition coefficient (Wildman–Crippen LogP) is 1.59. The van der Waals surface area contributed by atoms with E-state index in [0.717, 1.165) is 15.5 Å². The summed E-state index contributed by atoms with van der Waals surface area (Å²) in [6.07, 6.45) is -0.216. The Hall–Kier alpha value is -3.68. The Kier molecular flexibility index (Phi) is 5.92. The van der Waals surface area contributed by atoms with Crippen molar-refractivity contribution in [3.8, 4) is 5.75 Å². The molecule has 29 heavy (non-hydrogen) atoms. The van der Waals surface area contributed by atoms with Gasteiger partial charge in [0.25, 0.3) is 11.8 Å². The van der Waals surface area contributed by atoms with Crippen LogP contribution < -0.4 is 15.1 Å². The number of nitrogens with zero attached hydrogens (tertiary/aromatic N) is 2. The van der Waals surface area contributed by atoms with Crippen molar-refractivity contribution in [2.75, 3.05) is 11.5 Å². The summed E-state index contributed by atoms with van der Waals surface area (Å²) in [5.74, 6) is -1.69. The quantitative estimate of drug-likeness (QED) is 0.613. The highest BCUT2D eigenvalue weighted by Gasteiger charge is 2.44. The SMILES string of the molecule is CC(=O)N(NC(=O)COc1ccccc1)[C@@H]1CC(=O)N(c2cccc(C)c2)C1=O. The lowest BCUT2D eigenvalue weighted by atomic mass is 10.2. The fourth-order valence-corrected chi connectivity index (χ4v) is 3.06. The monoisotopic (exact) mass is 395 g/mol. The average Bonchev–Trinajstić information content (AvgIpc) is 2.99. The number of carbonyl (C=O) groups is 4. The number of hydrogen-bond acceptors (Lipinski definition) is 5. The molecule has 2 aromatic rings. The molecule has 150 valence electrons. The van der Waals surface area contributed by atoms with E-state index >= 15 is 0 Å². The van der Waals surface area contributed by atoms with Gasteiger partial charge in [0.2, 0.25) is 11.8 Å². The molecule has 1 heterocycles. The zero-order valence-electron chi connectivity index (χ0n) is 16.1. The van der Waals surface area contributed by atoms with Crippen molar-refractivity contribution in [1.82, 2.24) is 10.4 Å². The van der Waals surface area contributed by atoms with E-state index in [1.807, 2.05) is 19.1 Å². The van der Waals surface area contributed by atoms with E-state index in [4.69, 9.17) is 4.74 Å². The standard InChI is InChI=1S/C21H21N3O5/c1-14-7-6-8-16(11-14)23-20(27)12-18(21(23)28)24(15(2)25)22-19(26)13-29-17-9-4-3-5-10-17/h3-11,18H,12-13H2,1-2H3,(H,22,26)/t18-/m1/s1. The van der Waals surface area contributed by atoms with Gasteiger partial charge in [0.1, 0.15) is 11.8 Å². The highest BCUT2D eigenvalue weighted by Crippen LogP contribution is 2.26. The fraction of sp³-hybridized carbons (Fsp3) is 0.238. The molecule has 0 unspecified atom stereocenters. The molecule has 1 N–H and O–H groups in total. The average molecular weight is 395 g/mol. The molecule has 0 spiro atoms. The number of hydrazine groups is 1. The number of carbonyl (C=O) groups excluding carboxylic acids is 4. The largest absolute Gasteiger partial charge is 0.484 e. The minimum absolute atomic E-state index is 0.216. The maximum absolute atomic E-state index is 12.9. The Bertz CT molecular complexity index is 944. The molecule has 0 aliphatic carbocycles. The molecule has 1 aliphatic heterocycles. The van der Waals surface area contributed by atoms with Crippen molar-refractivity contribution in [2.45, 2.75) is 26.3 Å². The van der Waals surface area contributed by atoms with E-state index in [9.17, 15) is 19.2 Å². The summed E-state index contributed by atoms with van der Waals surface area (Å²) in [7, 11) is 0. The minimum atomic E-state index is -1.11. The van der Waals surface area contributed by atoms with Gasteiger partial charge >= 0.3 is 0 Å². The topological polar surface area (TPSA) is 96.0 Å². The second kappa shape index (κ2) is 8.55. The number of benzene rings is 2. The molecule has 0 bridgehead atoms. The summed E-state index contributed by atoms with van der Waals surface area (Å²) in [5, 5.41) is 0.896. The van der Waals surface area contributed by atoms with Crippen molar-refractivity contribution < 1.29 is 23.9 Å². The number of nitrogens with one attached hydrogen (secondary N) is 1. The van der Waals surface area contributed by atoms with Crippen LogP contribution >= 0.6 is 0 Å². The molecule has 8 heteroatoms. The molecule has 1 saturated heterocycles. The summed E-state index contributed by atoms with van der Waals surface area (Å²) >= 11 is 0. The van der Waals surface area contributed by atoms with Gasteiger partial charge in [-0.2, -0.15) is 0 Å². The van der Waals surface area contributed by atoms with Crippen LogP contribution in [0.1, 0.15) is 18.9 Å². The molecule has 0 aromatic heterocycles. The van der Waals surface area contributed by atoms with Gasteiger partial charge in [0.05, 0.1) is 12.1 Å². The van der Waals surface area contributed by atoms with Crippen LogP contribution in [-0.2, 0) is 19.2 Å². The van der Waals surface area contributed by atoms with Gasteiger partial charge in [-0.1, -0.05) is 30.3 Å². The fourth-order valence-electron chi connectivity index (χ4n) is 3.06. The van der Waals surface area contributed by atoms with Crippen LogP contribution in [0.15, 0.2) is 54.6 Å². The molecule has 4 amide bonds. The van der Waals surface area contributed by atoms with E-state index in [0.29, 0.717) is 11.4 Å². The lowest BCUT2D eigenvalue weighted by Gasteiger charge is -2.26. The zero-order valence-corrected chi connectivity index (χ0v) is 16.1. The Balaban J connectivity index is 1.70. The molecule has 1 atom stereocenters. The van der Waals surface area contributed by atoms with E-state index in [2.05, 4.69) is 5.43 Å². The maximum atomic E-state index is 12.9. The lowest BCUT2D eigenvalue weighted by Crippen LogP contribution is -2.54. The lowest BCUT2D eigenvalue weighted by molar-refractivity contribution is -0.146. The number of anilines is 1. The zero-order chi connectivity index (χ0) is 21.0. The third-order valence-corrected chi connectivity index (χ3v) is 4.39. The first-order valence-corrected chi connectivity index (χ1v) is 9.07. The highest BCUT2D eigenvalue weighted by molar-refractivity contribution is 6.23. The summed E-state index contributed by atoms with van der Waals surface area (Å²) in [6, 6.07) is 14.6. The number of hydrogen-bond donors (Lipinski definition) is 1. The second-order valence-electron chi connectivity index (χ2n) is 6.65. The molecule has 2 aromatic carbocycles. The Labute approximate surface area is 168 Å². The molecular formula is C21H21N3O5. The Morgan fingerprint density at radius 1 is 1.14 bits per heavy atom. The van der Waals surface area contributed by atoms with Crippen molar-refractivity contribution in [1.29, 1.82) is 0 Å². The normalized spacial score (nSPS) is 15.9. The third kappa shape index (κ3) is 4.60. The Morgan fingerprint density at radius 3 is 2.52 bits per heavy atom. The molecule has 0 saturated carbocycles. The van der Waals surface area contributed by atoms with E-state index in [-0.39, 0.29) is 13.0 Å². The van der Waals surface area contributed by atoms with Gasteiger partial charge in [-0.15, -0.1) is 0 Å². The minimum Gasteiger partial charge on any atom is -0.484 e. The third-order valence-electron chi connectivity index (χ3n) is 4.39. The van der Waals surface area contributed by atoms with Gasteiger partial charge in [-0.05, 0) is 36.8 Å². The molecule has 1 aliphatic rings. The summed E-state index contributed by atoms with van der Waals surface area (Å²) in [6.45, 7) is 2.72. The number of imide groups is 1. The molecule has 1 fully saturated rings. The molecule has 3 rings (SSSR count). The van der Waals surface area contributed by atoms with Crippen LogP contribution in [0.4, 0.5) is 5.69 Å². The number of rotatable bonds is 5. The van der Waals surface area contributed by atoms with E-state index < -0.39 is 29.7 Å². The van der Waals surface area contributed by atoms with Crippen LogP contribution in [0, 0.1) is 6.92 Å². The van der Waals surface area contributed by atoms with Crippen molar-refractivity contribution in [2.24, 2.45) is 0 Å². The smallest absolute Gasteiger partial charge is 0.276 e. The van der Waals surface area contributed by atoms with Crippen LogP contribution in [-0.4, -0.2) is 41.3 Å². The second-order valence-corrected chi connectivity index (χ2v) is 6.65. The number of amides is 4. The van der Waals surface area contributed by atoms with Crippen LogP contribution in [0.2, 0.25) is 0 Å². The summed E-state index contributed by atoms with van der Waals surface area (Å²) in [4.78, 5) is 50.7. The van der Waals surface area contributed by atoms with Crippen molar-refractivity contribution in [3.05, 3.63) is 60.2 Å². The van der Waals surface area contributed by atoms with Crippen LogP contribution in [0.3, 0.4) is 0 Å². The van der Waals surface area contributed by atoms with E-state index in [1.165, 1.54) is 6.92 Å². The van der Waals surface area contributed by atoms with Crippen molar-refractivity contribution >= 4 is 29.3 Å². The van der Waals surface area contributed by atoms with Gasteiger partial charge in [-0.3, -0.25) is 24.6 Å². The molecule has 0 radical (unpaired) electrons. The number of para-hydroxylation sites is 1. The highest BCUT2D eigenvalue weighted by atomic mass is 16.5. The first kappa shape index (κ1) is 20.1. The van der Waals surface area contributed by atoms with Crippen LogP contribution in [0.25, 0.3) is 0 Å². The van der Waals surface area contributed by atoms with Gasteiger partial charge in [0.15, 0.2) is 6.61 Å². The van der Waals surface area contributed by atoms with Gasteiger partial charge < -0.3 is 4.74 Å². The molecular weight excluding hydrogens is 374 g/mol. The first-order chi connectivity index (χ1) is 13.9. The van der Waals surface area contributed by atoms with Crippen molar-refractivity contribution in [3.63, 3.8) is 0 Å². The van der Waals surface area contributed by atoms with Crippen LogP contribution in [0.5, 0.6) is 5.75 Å². The van der Waals surface area contributed by atoms with Gasteiger partial charge in [-0.25, -0.2) is 9.91 Å². The predicted molar refractivity (Wildman–Crippen MR) is 105 cm³/mol. The molecule has 8 nitrogen and oxygen atoms in total. The first-order valence-electron chi connectivity index (χ1n) is 9.07.